The van der Waals surface area contributed by atoms with E-state index in [2.05, 4.69) is 145 Å². The van der Waals surface area contributed by atoms with Crippen molar-refractivity contribution in [1.82, 2.24) is 135 Å². The zero-order valence-electron chi connectivity index (χ0n) is 45.7. The van der Waals surface area contributed by atoms with E-state index in [1.165, 1.54) is 11.6 Å². The number of nitrogens with zero attached hydrogens (tertiary/aromatic N) is 18. The predicted octanol–water partition coefficient (Wildman–Crippen LogP) is 4.98. The molecule has 0 bridgehead atoms. The lowest BCUT2D eigenvalue weighted by molar-refractivity contribution is 0.0444. The van der Waals surface area contributed by atoms with Gasteiger partial charge in [-0.1, -0.05) is 90.5 Å². The predicted molar refractivity (Wildman–Crippen MR) is 301 cm³/mol. The Kier molecular flexibility index (Phi) is 24.7. The number of methoxy groups -OCH3 is 2. The number of H-pyrrole nitrogens is 6. The molecule has 0 amide bonds. The second kappa shape index (κ2) is 34.2. The number of nitrogens with one attached hydrogen (secondary N) is 10. The Hall–Kier alpha value is -11.0. The van der Waals surface area contributed by atoms with Crippen molar-refractivity contribution in [1.29, 1.82) is 0 Å². The number of ether oxygens (including phenoxy) is 2. The number of aryl methyl sites for hydroxylation is 1. The Morgan fingerprint density at radius 3 is 1.07 bits per heavy atom. The molecule has 6 aromatic heterocycles. The summed E-state index contributed by atoms with van der Waals surface area (Å²) in [6.07, 6.45) is 0. The van der Waals surface area contributed by atoms with E-state index in [1.807, 2.05) is 128 Å². The van der Waals surface area contributed by atoms with Crippen molar-refractivity contribution in [2.24, 2.45) is 0 Å². The largest absolute Gasteiger partial charge is 0.380 e. The van der Waals surface area contributed by atoms with E-state index in [-0.39, 0.29) is 11.6 Å². The highest BCUT2D eigenvalue weighted by molar-refractivity contribution is 5.60. The van der Waals surface area contributed by atoms with Gasteiger partial charge in [0.1, 0.15) is 19.3 Å². The third-order valence-corrected chi connectivity index (χ3v) is 10.8. The molecule has 0 aliphatic heterocycles. The van der Waals surface area contributed by atoms with Crippen LogP contribution in [0.3, 0.4) is 0 Å². The molecule has 0 aliphatic rings. The molecule has 0 unspecified atom stereocenters. The molecule has 10 N–H and O–H groups in total. The minimum absolute atomic E-state index is 0.271. The maximum Gasteiger partial charge on any atom is 0.207 e. The fourth-order valence-corrected chi connectivity index (χ4v) is 6.69. The number of benzene rings is 6. The molecule has 432 valence electrons. The molecular weight excluding hydrogens is 1090 g/mol. The van der Waals surface area contributed by atoms with Gasteiger partial charge in [0.15, 0.2) is 0 Å². The van der Waals surface area contributed by atoms with Crippen LogP contribution in [0.1, 0.15) is 16.7 Å². The first-order chi connectivity index (χ1) is 41.3. The smallest absolute Gasteiger partial charge is 0.207 e. The van der Waals surface area contributed by atoms with Crippen molar-refractivity contribution < 1.29 is 23.5 Å². The standard InChI is InChI=1S/C9H12N6O.2C9H11N5O.C9H10N4O.C8H8N4.C7H5FN4/c1-10-16-6-11-8-4-2-7(3-5-8)9-12-14-15-13-9;1-15-6-10-8-4-2-7(3-5-8)9-11-13-14-12-9;1-10-15-6-7-2-4-8(5-3-7)9-11-13-14-12-9;1-14-6-7-2-4-8(5-3-7)9-10-12-13-11-9;1-6-2-4-7(5-3-6)8-9-11-12-10-8;8-6-4-2-1-3-5(6)7-9-11-12-10-7/h2-5,10-11H,6H2,1H3,(H,12,13,14,15);2*2-5,10H,6H2,1H3,(H,11,12,13,14);2-5H,6H2,1H3,(H,10,11,12,13);2-5H,1H3,(H,9,10,11,12);1-4H,(H,9,10,11,12). The maximum atomic E-state index is 13.0. The van der Waals surface area contributed by atoms with Crippen LogP contribution in [-0.4, -0.2) is 166 Å². The first-order valence-electron chi connectivity index (χ1n) is 25.0. The average molecular weight is 1150 g/mol. The molecule has 0 saturated carbocycles. The molecule has 12 aromatic rings. The Balaban J connectivity index is 0.000000145. The van der Waals surface area contributed by atoms with Crippen molar-refractivity contribution in [3.63, 3.8) is 0 Å². The Bertz CT molecular complexity index is 3470. The van der Waals surface area contributed by atoms with Gasteiger partial charge in [0.2, 0.25) is 34.9 Å². The highest BCUT2D eigenvalue weighted by Gasteiger charge is 2.08. The van der Waals surface area contributed by atoms with E-state index in [4.69, 9.17) is 19.1 Å². The normalized spacial score (nSPS) is 10.3. The van der Waals surface area contributed by atoms with E-state index in [9.17, 15) is 4.39 Å². The number of hydrogen-bond acceptors (Lipinski definition) is 26. The van der Waals surface area contributed by atoms with Crippen LogP contribution in [0.15, 0.2) is 146 Å². The molecule has 32 nitrogen and oxygen atoms in total. The molecule has 33 heteroatoms. The summed E-state index contributed by atoms with van der Waals surface area (Å²) in [4.78, 5) is 9.99. The van der Waals surface area contributed by atoms with E-state index < -0.39 is 0 Å². The van der Waals surface area contributed by atoms with Gasteiger partial charge in [-0.3, -0.25) is 9.68 Å². The molecule has 12 rings (SSSR count). The van der Waals surface area contributed by atoms with Gasteiger partial charge in [-0.05, 0) is 110 Å². The number of hydroxylamine groups is 2. The minimum atomic E-state index is -0.348. The number of hydrogen-bond donors (Lipinski definition) is 10. The topological polar surface area (TPSA) is 412 Å². The van der Waals surface area contributed by atoms with Gasteiger partial charge in [-0.25, -0.2) is 15.4 Å². The second-order valence-corrected chi connectivity index (χ2v) is 16.5. The van der Waals surface area contributed by atoms with Crippen molar-refractivity contribution in [3.8, 4) is 68.3 Å². The second-order valence-electron chi connectivity index (χ2n) is 16.5. The SMILES string of the molecule is CNOCNc1ccc(-c2nn[nH]n2)cc1.CNOCc1ccc(-c2nn[nH]n2)cc1.COCNc1ccc(-c2nn[nH]n2)cc1.COCc1ccc(-c2nn[nH]n2)cc1.Cc1ccc(-c2nn[nH]n2)cc1.Fc1ccccc1-c1nn[nH]n1. The van der Waals surface area contributed by atoms with Crippen molar-refractivity contribution in [2.45, 2.75) is 20.1 Å². The Labute approximate surface area is 477 Å². The van der Waals surface area contributed by atoms with Crippen LogP contribution >= 0.6 is 0 Å². The van der Waals surface area contributed by atoms with E-state index >= 15 is 0 Å². The van der Waals surface area contributed by atoms with Gasteiger partial charge in [-0.2, -0.15) is 31.3 Å². The highest BCUT2D eigenvalue weighted by atomic mass is 19.1. The van der Waals surface area contributed by atoms with Crippen LogP contribution in [0.4, 0.5) is 15.8 Å². The van der Waals surface area contributed by atoms with Gasteiger partial charge in [0, 0.05) is 67.5 Å². The number of halogens is 1. The van der Waals surface area contributed by atoms with Crippen LogP contribution in [-0.2, 0) is 32.4 Å². The van der Waals surface area contributed by atoms with E-state index in [0.717, 1.165) is 50.3 Å². The zero-order chi connectivity index (χ0) is 58.8. The van der Waals surface area contributed by atoms with Crippen LogP contribution in [0.25, 0.3) is 68.3 Å². The van der Waals surface area contributed by atoms with Crippen molar-refractivity contribution in [3.05, 3.63) is 168 Å². The monoisotopic (exact) mass is 1140 g/mol. The fourth-order valence-electron chi connectivity index (χ4n) is 6.69. The molecule has 0 fully saturated rings. The van der Waals surface area contributed by atoms with Crippen LogP contribution in [0, 0.1) is 12.7 Å². The fraction of sp³-hybridized carbons (Fsp3) is 0.176. The van der Waals surface area contributed by atoms with Crippen LogP contribution in [0.2, 0.25) is 0 Å². The summed E-state index contributed by atoms with van der Waals surface area (Å²) >= 11 is 0. The third-order valence-electron chi connectivity index (χ3n) is 10.8. The summed E-state index contributed by atoms with van der Waals surface area (Å²) in [5, 5.41) is 87.4. The molecule has 0 aliphatic carbocycles. The number of tetrazole rings is 6. The lowest BCUT2D eigenvalue weighted by atomic mass is 10.1. The summed E-state index contributed by atoms with van der Waals surface area (Å²) in [6.45, 7) is 4.08. The first-order valence-corrected chi connectivity index (χ1v) is 25.0. The van der Waals surface area contributed by atoms with Gasteiger partial charge < -0.3 is 20.1 Å². The molecule has 0 radical (unpaired) electrons. The lowest BCUT2D eigenvalue weighted by Crippen LogP contribution is -2.14. The molecule has 0 atom stereocenters. The summed E-state index contributed by atoms with van der Waals surface area (Å²) in [6, 6.07) is 45.3. The molecule has 84 heavy (non-hydrogen) atoms. The lowest BCUT2D eigenvalue weighted by Gasteiger charge is -2.05. The number of aromatic amines is 6. The number of anilines is 2. The van der Waals surface area contributed by atoms with Crippen molar-refractivity contribution in [2.75, 3.05) is 52.4 Å². The summed E-state index contributed by atoms with van der Waals surface area (Å²) in [7, 11) is 6.75. The summed E-state index contributed by atoms with van der Waals surface area (Å²) in [5.41, 5.74) is 15.6. The number of rotatable bonds is 18. The van der Waals surface area contributed by atoms with Gasteiger partial charge >= 0.3 is 0 Å². The molecule has 6 aromatic carbocycles. The number of aromatic nitrogens is 24. The minimum Gasteiger partial charge on any atom is -0.380 e. The Morgan fingerprint density at radius 2 is 0.726 bits per heavy atom. The molecular formula is C51H57FN28O4. The maximum absolute atomic E-state index is 13.0. The van der Waals surface area contributed by atoms with E-state index in [1.54, 1.807) is 46.5 Å². The molecule has 0 spiro atoms. The zero-order valence-corrected chi connectivity index (χ0v) is 45.7. The van der Waals surface area contributed by atoms with E-state index in [0.29, 0.717) is 61.4 Å². The van der Waals surface area contributed by atoms with Gasteiger partial charge in [0.25, 0.3) is 0 Å². The average Bonchev–Trinajstić information content (AvgIpc) is 4.48. The Morgan fingerprint density at radius 1 is 0.381 bits per heavy atom. The van der Waals surface area contributed by atoms with Crippen LogP contribution < -0.4 is 21.6 Å². The summed E-state index contributed by atoms with van der Waals surface area (Å²) < 4.78 is 22.9. The third kappa shape index (κ3) is 20.0. The molecule has 6 heterocycles. The molecule has 0 saturated heterocycles. The van der Waals surface area contributed by atoms with Crippen molar-refractivity contribution >= 4 is 11.4 Å². The van der Waals surface area contributed by atoms with Gasteiger partial charge in [-0.15, -0.1) is 61.2 Å². The first kappa shape index (κ1) is 60.7. The highest BCUT2D eigenvalue weighted by Crippen LogP contribution is 2.20. The summed E-state index contributed by atoms with van der Waals surface area (Å²) in [5.74, 6) is 2.93. The van der Waals surface area contributed by atoms with Crippen LogP contribution in [0.5, 0.6) is 0 Å². The quantitative estimate of drug-likeness (QED) is 0.0307. The van der Waals surface area contributed by atoms with Gasteiger partial charge in [0.05, 0.1) is 18.8 Å².